The van der Waals surface area contributed by atoms with Crippen LogP contribution in [0.2, 0.25) is 0 Å². The van der Waals surface area contributed by atoms with Crippen LogP contribution < -0.4 is 10.9 Å². The molecule has 0 aliphatic rings. The predicted molar refractivity (Wildman–Crippen MR) is 126 cm³/mol. The van der Waals surface area contributed by atoms with Crippen LogP contribution in [0.15, 0.2) is 59.4 Å². The average Bonchev–Trinajstić information content (AvgIpc) is 2.64. The van der Waals surface area contributed by atoms with Gasteiger partial charge in [0.2, 0.25) is 0 Å². The Hall–Kier alpha value is -1.88. The molecule has 0 spiro atoms. The number of hydrogen-bond donors (Lipinski definition) is 1. The minimum absolute atomic E-state index is 0. The molecule has 0 saturated carbocycles. The molecule has 6 heteroatoms. The van der Waals surface area contributed by atoms with Crippen molar-refractivity contribution < 1.29 is 0 Å². The Kier molecular flexibility index (Phi) is 9.84. The Labute approximate surface area is 185 Å². The van der Waals surface area contributed by atoms with E-state index in [0.29, 0.717) is 11.9 Å². The average molecular weight is 436 g/mol. The molecule has 0 radical (unpaired) electrons. The first-order chi connectivity index (χ1) is 12.9. The number of hydrogen-bond acceptors (Lipinski definition) is 3. The smallest absolute Gasteiger partial charge is 0.261 e. The number of fused-ring (bicyclic) bond motifs is 1. The van der Waals surface area contributed by atoms with Gasteiger partial charge < -0.3 is 5.32 Å². The zero-order valence-electron chi connectivity index (χ0n) is 17.4. The van der Waals surface area contributed by atoms with E-state index >= 15 is 0 Å². The summed E-state index contributed by atoms with van der Waals surface area (Å²) in [6, 6.07) is 18.0. The first-order valence-electron chi connectivity index (χ1n) is 9.67. The molecule has 1 N–H and O–H groups in total. The Balaban J connectivity index is 0.00000210. The van der Waals surface area contributed by atoms with Gasteiger partial charge in [-0.15, -0.1) is 24.8 Å². The highest BCUT2D eigenvalue weighted by Gasteiger charge is 2.17. The maximum Gasteiger partial charge on any atom is 0.261 e. The van der Waals surface area contributed by atoms with Crippen LogP contribution in [0.4, 0.5) is 0 Å². The van der Waals surface area contributed by atoms with Crippen molar-refractivity contribution in [2.75, 3.05) is 6.54 Å². The van der Waals surface area contributed by atoms with Gasteiger partial charge in [0, 0.05) is 19.5 Å². The molecule has 3 rings (SSSR count). The number of aromatic nitrogens is 2. The van der Waals surface area contributed by atoms with Crippen molar-refractivity contribution >= 4 is 35.7 Å². The molecule has 2 aromatic carbocycles. The van der Waals surface area contributed by atoms with Crippen molar-refractivity contribution in [1.82, 2.24) is 14.9 Å². The lowest BCUT2D eigenvalue weighted by Crippen LogP contribution is -2.31. The Morgan fingerprint density at radius 1 is 0.966 bits per heavy atom. The van der Waals surface area contributed by atoms with Gasteiger partial charge >= 0.3 is 0 Å². The van der Waals surface area contributed by atoms with E-state index < -0.39 is 0 Å². The Bertz CT molecular complexity index is 950. The number of benzene rings is 2. The van der Waals surface area contributed by atoms with Crippen LogP contribution in [0, 0.1) is 5.41 Å². The molecule has 0 aliphatic carbocycles. The SMILES string of the molecule is CC(C)(C)Cn1c(CCCNCc2ccccc2)nc2ccccc2c1=O.Cl.Cl. The monoisotopic (exact) mass is 435 g/mol. The van der Waals surface area contributed by atoms with Gasteiger partial charge in [-0.05, 0) is 36.1 Å². The molecule has 0 aliphatic heterocycles. The van der Waals surface area contributed by atoms with Gasteiger partial charge in [-0.3, -0.25) is 9.36 Å². The summed E-state index contributed by atoms with van der Waals surface area (Å²) in [7, 11) is 0. The number of para-hydroxylation sites is 1. The molecule has 29 heavy (non-hydrogen) atoms. The summed E-state index contributed by atoms with van der Waals surface area (Å²) in [6.45, 7) is 8.89. The van der Waals surface area contributed by atoms with E-state index in [0.717, 1.165) is 37.3 Å². The van der Waals surface area contributed by atoms with Crippen molar-refractivity contribution in [2.45, 2.75) is 46.7 Å². The Morgan fingerprint density at radius 2 is 1.62 bits per heavy atom. The molecule has 0 saturated heterocycles. The molecular formula is C23H31Cl2N3O. The maximum absolute atomic E-state index is 13.0. The molecule has 0 atom stereocenters. The summed E-state index contributed by atoms with van der Waals surface area (Å²) in [6.07, 6.45) is 1.74. The van der Waals surface area contributed by atoms with Crippen LogP contribution in [0.3, 0.4) is 0 Å². The standard InChI is InChI=1S/C23H29N3O.2ClH/c1-23(2,3)17-26-21(25-20-13-8-7-12-19(20)22(26)27)14-9-15-24-16-18-10-5-4-6-11-18;;/h4-8,10-13,24H,9,14-17H2,1-3H3;2*1H. The van der Waals surface area contributed by atoms with Gasteiger partial charge in [0.05, 0.1) is 10.9 Å². The van der Waals surface area contributed by atoms with E-state index in [9.17, 15) is 4.79 Å². The molecular weight excluding hydrogens is 405 g/mol. The van der Waals surface area contributed by atoms with Crippen molar-refractivity contribution in [3.8, 4) is 0 Å². The van der Waals surface area contributed by atoms with Crippen LogP contribution in [0.5, 0.6) is 0 Å². The second-order valence-corrected chi connectivity index (χ2v) is 8.26. The molecule has 1 heterocycles. The third-order valence-corrected chi connectivity index (χ3v) is 4.50. The molecule has 0 fully saturated rings. The van der Waals surface area contributed by atoms with Gasteiger partial charge in [0.15, 0.2) is 0 Å². The summed E-state index contributed by atoms with van der Waals surface area (Å²) in [4.78, 5) is 17.8. The molecule has 3 aromatic rings. The molecule has 0 bridgehead atoms. The molecule has 0 unspecified atom stereocenters. The number of aryl methyl sites for hydroxylation is 1. The fourth-order valence-electron chi connectivity index (χ4n) is 3.24. The van der Waals surface area contributed by atoms with E-state index in [-0.39, 0.29) is 35.8 Å². The van der Waals surface area contributed by atoms with E-state index in [1.807, 2.05) is 34.9 Å². The fourth-order valence-corrected chi connectivity index (χ4v) is 3.24. The van der Waals surface area contributed by atoms with Crippen molar-refractivity contribution in [3.63, 3.8) is 0 Å². The zero-order chi connectivity index (χ0) is 19.3. The summed E-state index contributed by atoms with van der Waals surface area (Å²) in [5, 5.41) is 4.18. The highest BCUT2D eigenvalue weighted by molar-refractivity contribution is 5.85. The van der Waals surface area contributed by atoms with Crippen molar-refractivity contribution in [3.05, 3.63) is 76.3 Å². The molecule has 4 nitrogen and oxygen atoms in total. The topological polar surface area (TPSA) is 46.9 Å². The van der Waals surface area contributed by atoms with Gasteiger partial charge in [0.25, 0.3) is 5.56 Å². The van der Waals surface area contributed by atoms with E-state index in [1.165, 1.54) is 5.56 Å². The fraction of sp³-hybridized carbons (Fsp3) is 0.391. The number of halogens is 2. The third kappa shape index (κ3) is 7.14. The molecule has 158 valence electrons. The van der Waals surface area contributed by atoms with E-state index in [1.54, 1.807) is 0 Å². The summed E-state index contributed by atoms with van der Waals surface area (Å²) >= 11 is 0. The highest BCUT2D eigenvalue weighted by Crippen LogP contribution is 2.18. The van der Waals surface area contributed by atoms with Crippen molar-refractivity contribution in [1.29, 1.82) is 0 Å². The van der Waals surface area contributed by atoms with Crippen LogP contribution in [0.1, 0.15) is 38.6 Å². The number of nitrogens with zero attached hydrogens (tertiary/aromatic N) is 2. The first-order valence-corrected chi connectivity index (χ1v) is 9.67. The normalized spacial score (nSPS) is 11.0. The highest BCUT2D eigenvalue weighted by atomic mass is 35.5. The lowest BCUT2D eigenvalue weighted by atomic mass is 9.96. The zero-order valence-corrected chi connectivity index (χ0v) is 19.0. The third-order valence-electron chi connectivity index (χ3n) is 4.50. The van der Waals surface area contributed by atoms with Crippen LogP contribution >= 0.6 is 24.8 Å². The van der Waals surface area contributed by atoms with Gasteiger partial charge in [-0.1, -0.05) is 63.2 Å². The summed E-state index contributed by atoms with van der Waals surface area (Å²) in [5.41, 5.74) is 2.17. The van der Waals surface area contributed by atoms with E-state index in [2.05, 4.69) is 50.4 Å². The first kappa shape index (κ1) is 25.2. The van der Waals surface area contributed by atoms with E-state index in [4.69, 9.17) is 4.98 Å². The number of rotatable bonds is 7. The summed E-state index contributed by atoms with van der Waals surface area (Å²) in [5.74, 6) is 0.884. The minimum atomic E-state index is 0. The predicted octanol–water partition coefficient (Wildman–Crippen LogP) is 5.01. The van der Waals surface area contributed by atoms with Gasteiger partial charge in [0.1, 0.15) is 5.82 Å². The second-order valence-electron chi connectivity index (χ2n) is 8.26. The van der Waals surface area contributed by atoms with Gasteiger partial charge in [-0.25, -0.2) is 4.98 Å². The lowest BCUT2D eigenvalue weighted by molar-refractivity contribution is 0.330. The van der Waals surface area contributed by atoms with Crippen LogP contribution in [-0.2, 0) is 19.5 Å². The minimum Gasteiger partial charge on any atom is -0.313 e. The molecule has 0 amide bonds. The molecule has 1 aromatic heterocycles. The lowest BCUT2D eigenvalue weighted by Gasteiger charge is -2.22. The van der Waals surface area contributed by atoms with Gasteiger partial charge in [-0.2, -0.15) is 0 Å². The number of nitrogens with one attached hydrogen (secondary N) is 1. The maximum atomic E-state index is 13.0. The Morgan fingerprint density at radius 3 is 2.31 bits per heavy atom. The van der Waals surface area contributed by atoms with Crippen molar-refractivity contribution in [2.24, 2.45) is 5.41 Å². The van der Waals surface area contributed by atoms with Crippen LogP contribution in [0.25, 0.3) is 10.9 Å². The quantitative estimate of drug-likeness (QED) is 0.530. The van der Waals surface area contributed by atoms with Crippen LogP contribution in [-0.4, -0.2) is 16.1 Å². The summed E-state index contributed by atoms with van der Waals surface area (Å²) < 4.78 is 1.87. The second kappa shape index (κ2) is 11.3. The largest absolute Gasteiger partial charge is 0.313 e.